The van der Waals surface area contributed by atoms with Crippen LogP contribution in [0.5, 0.6) is 0 Å². The Bertz CT molecular complexity index is 1130. The maximum atomic E-state index is 12.2. The number of carbonyl (C=O) groups excluding carboxylic acids is 1. The van der Waals surface area contributed by atoms with E-state index >= 15 is 0 Å². The minimum Gasteiger partial charge on any atom is -0.460 e. The Kier molecular flexibility index (Phi) is 6.31. The van der Waals surface area contributed by atoms with Gasteiger partial charge in [-0.1, -0.05) is 30.3 Å². The van der Waals surface area contributed by atoms with Crippen LogP contribution < -0.4 is 10.0 Å². The first kappa shape index (κ1) is 20.6. The molecule has 3 aromatic rings. The molecule has 0 saturated carbocycles. The summed E-state index contributed by atoms with van der Waals surface area (Å²) in [5.41, 5.74) is 2.87. The van der Waals surface area contributed by atoms with Gasteiger partial charge in [-0.3, -0.25) is 4.79 Å². The fourth-order valence-electron chi connectivity index (χ4n) is 2.65. The molecule has 2 N–H and O–H groups in total. The summed E-state index contributed by atoms with van der Waals surface area (Å²) >= 11 is 0. The minimum atomic E-state index is -3.61. The van der Waals surface area contributed by atoms with E-state index in [1.807, 2.05) is 32.0 Å². The predicted octanol–water partition coefficient (Wildman–Crippen LogP) is 4.03. The summed E-state index contributed by atoms with van der Waals surface area (Å²) in [5, 5.41) is 2.83. The molecule has 1 amide bonds. The fourth-order valence-corrected chi connectivity index (χ4v) is 3.66. The van der Waals surface area contributed by atoms with Crippen LogP contribution in [-0.4, -0.2) is 14.3 Å². The number of carbonyl (C=O) groups is 1. The van der Waals surface area contributed by atoms with Crippen molar-refractivity contribution in [2.24, 2.45) is 0 Å². The third kappa shape index (κ3) is 5.43. The molecule has 7 heteroatoms. The van der Waals surface area contributed by atoms with Crippen LogP contribution in [0.4, 0.5) is 5.69 Å². The zero-order valence-corrected chi connectivity index (χ0v) is 17.0. The Morgan fingerprint density at radius 3 is 2.52 bits per heavy atom. The average Bonchev–Trinajstić information content (AvgIpc) is 3.17. The summed E-state index contributed by atoms with van der Waals surface area (Å²) in [5.74, 6) is 0.621. The van der Waals surface area contributed by atoms with E-state index in [-0.39, 0.29) is 17.3 Å². The molecule has 0 aliphatic heterocycles. The van der Waals surface area contributed by atoms with Gasteiger partial charge in [-0.05, 0) is 61.4 Å². The van der Waals surface area contributed by atoms with Crippen molar-refractivity contribution in [2.75, 3.05) is 5.32 Å². The first-order valence-corrected chi connectivity index (χ1v) is 10.5. The van der Waals surface area contributed by atoms with Crippen LogP contribution in [0.15, 0.2) is 76.1 Å². The van der Waals surface area contributed by atoms with Crippen molar-refractivity contribution in [3.8, 4) is 0 Å². The molecule has 0 atom stereocenters. The van der Waals surface area contributed by atoms with Gasteiger partial charge in [-0.2, -0.15) is 0 Å². The molecule has 2 aromatic carbocycles. The van der Waals surface area contributed by atoms with Crippen molar-refractivity contribution in [3.05, 3.63) is 89.4 Å². The fraction of sp³-hybridized carbons (Fsp3) is 0.136. The van der Waals surface area contributed by atoms with Crippen molar-refractivity contribution >= 4 is 27.7 Å². The molecule has 1 aromatic heterocycles. The van der Waals surface area contributed by atoms with E-state index in [0.717, 1.165) is 16.8 Å². The van der Waals surface area contributed by atoms with Gasteiger partial charge in [-0.25, -0.2) is 13.1 Å². The lowest BCUT2D eigenvalue weighted by Gasteiger charge is -2.08. The van der Waals surface area contributed by atoms with Crippen molar-refractivity contribution < 1.29 is 17.6 Å². The largest absolute Gasteiger partial charge is 0.460 e. The number of aryl methyl sites for hydroxylation is 1. The first-order valence-electron chi connectivity index (χ1n) is 9.04. The number of furan rings is 1. The molecular formula is C22H22N2O4S. The van der Waals surface area contributed by atoms with E-state index in [9.17, 15) is 13.2 Å². The van der Waals surface area contributed by atoms with Gasteiger partial charge in [0.15, 0.2) is 0 Å². The molecule has 0 aliphatic rings. The van der Waals surface area contributed by atoms with E-state index in [4.69, 9.17) is 4.42 Å². The Balaban J connectivity index is 1.58. The molecule has 3 rings (SSSR count). The van der Waals surface area contributed by atoms with Crippen molar-refractivity contribution in [1.82, 2.24) is 4.72 Å². The molecule has 0 saturated heterocycles. The SMILES string of the molecule is Cc1cccc(NC(=O)/C=C/c2ccc(CNS(=O)(=O)c3ccccc3)o2)c1C. The normalized spacial score (nSPS) is 11.7. The molecule has 0 spiro atoms. The number of rotatable bonds is 7. The summed E-state index contributed by atoms with van der Waals surface area (Å²) in [6, 6.07) is 17.2. The molecule has 29 heavy (non-hydrogen) atoms. The monoisotopic (exact) mass is 410 g/mol. The van der Waals surface area contributed by atoms with E-state index in [2.05, 4.69) is 10.0 Å². The van der Waals surface area contributed by atoms with Crippen LogP contribution in [-0.2, 0) is 21.4 Å². The van der Waals surface area contributed by atoms with E-state index in [1.165, 1.54) is 24.3 Å². The second-order valence-corrected chi connectivity index (χ2v) is 8.28. The van der Waals surface area contributed by atoms with Gasteiger partial charge in [0.1, 0.15) is 11.5 Å². The van der Waals surface area contributed by atoms with E-state index in [0.29, 0.717) is 11.5 Å². The number of sulfonamides is 1. The molecule has 0 bridgehead atoms. The number of benzene rings is 2. The lowest BCUT2D eigenvalue weighted by atomic mass is 10.1. The van der Waals surface area contributed by atoms with Gasteiger partial charge >= 0.3 is 0 Å². The maximum absolute atomic E-state index is 12.2. The molecule has 0 aliphatic carbocycles. The average molecular weight is 410 g/mol. The number of anilines is 1. The first-order chi connectivity index (χ1) is 13.8. The Morgan fingerprint density at radius 1 is 1.00 bits per heavy atom. The van der Waals surface area contributed by atoms with E-state index in [1.54, 1.807) is 30.3 Å². The third-order valence-electron chi connectivity index (χ3n) is 4.43. The summed E-state index contributed by atoms with van der Waals surface area (Å²) in [7, 11) is -3.61. The number of hydrogen-bond donors (Lipinski definition) is 2. The Hall–Kier alpha value is -3.16. The highest BCUT2D eigenvalue weighted by atomic mass is 32.2. The smallest absolute Gasteiger partial charge is 0.248 e. The van der Waals surface area contributed by atoms with Crippen LogP contribution >= 0.6 is 0 Å². The standard InChI is InChI=1S/C22H22N2O4S/c1-16-7-6-10-21(17(16)2)24-22(25)14-13-18-11-12-19(28-18)15-23-29(26,27)20-8-4-3-5-9-20/h3-14,23H,15H2,1-2H3,(H,24,25)/b14-13+. The van der Waals surface area contributed by atoms with Crippen molar-refractivity contribution in [2.45, 2.75) is 25.3 Å². The highest BCUT2D eigenvalue weighted by molar-refractivity contribution is 7.89. The highest BCUT2D eigenvalue weighted by Crippen LogP contribution is 2.18. The number of nitrogens with one attached hydrogen (secondary N) is 2. The topological polar surface area (TPSA) is 88.4 Å². The summed E-state index contributed by atoms with van der Waals surface area (Å²) < 4.78 is 32.5. The van der Waals surface area contributed by atoms with Gasteiger partial charge in [0, 0.05) is 11.8 Å². The maximum Gasteiger partial charge on any atom is 0.248 e. The highest BCUT2D eigenvalue weighted by Gasteiger charge is 2.13. The van der Waals surface area contributed by atoms with Gasteiger partial charge in [-0.15, -0.1) is 0 Å². The molecule has 0 fully saturated rings. The second kappa shape index (κ2) is 8.89. The van der Waals surface area contributed by atoms with Gasteiger partial charge < -0.3 is 9.73 Å². The third-order valence-corrected chi connectivity index (χ3v) is 5.85. The Morgan fingerprint density at radius 2 is 1.76 bits per heavy atom. The molecule has 150 valence electrons. The summed E-state index contributed by atoms with van der Waals surface area (Å²) in [6.07, 6.45) is 2.91. The summed E-state index contributed by atoms with van der Waals surface area (Å²) in [6.45, 7) is 3.95. The second-order valence-electron chi connectivity index (χ2n) is 6.51. The molecule has 0 unspecified atom stereocenters. The number of amides is 1. The van der Waals surface area contributed by atoms with Crippen LogP contribution in [0.1, 0.15) is 22.6 Å². The lowest BCUT2D eigenvalue weighted by molar-refractivity contribution is -0.111. The van der Waals surface area contributed by atoms with Crippen molar-refractivity contribution in [1.29, 1.82) is 0 Å². The quantitative estimate of drug-likeness (QED) is 0.576. The zero-order chi connectivity index (χ0) is 20.9. The van der Waals surface area contributed by atoms with Gasteiger partial charge in [0.05, 0.1) is 11.4 Å². The van der Waals surface area contributed by atoms with Crippen LogP contribution in [0.25, 0.3) is 6.08 Å². The zero-order valence-electron chi connectivity index (χ0n) is 16.2. The minimum absolute atomic E-state index is 0.0136. The van der Waals surface area contributed by atoms with Crippen LogP contribution in [0, 0.1) is 13.8 Å². The molecule has 6 nitrogen and oxygen atoms in total. The van der Waals surface area contributed by atoms with Crippen LogP contribution in [0.2, 0.25) is 0 Å². The predicted molar refractivity (Wildman–Crippen MR) is 113 cm³/mol. The Labute approximate surface area is 170 Å². The van der Waals surface area contributed by atoms with Crippen LogP contribution in [0.3, 0.4) is 0 Å². The molecule has 0 radical (unpaired) electrons. The lowest BCUT2D eigenvalue weighted by Crippen LogP contribution is -2.22. The molecular weight excluding hydrogens is 388 g/mol. The number of hydrogen-bond acceptors (Lipinski definition) is 4. The van der Waals surface area contributed by atoms with Crippen molar-refractivity contribution in [3.63, 3.8) is 0 Å². The van der Waals surface area contributed by atoms with Gasteiger partial charge in [0.25, 0.3) is 0 Å². The van der Waals surface area contributed by atoms with Gasteiger partial charge in [0.2, 0.25) is 15.9 Å². The molecule has 1 heterocycles. The van der Waals surface area contributed by atoms with E-state index < -0.39 is 10.0 Å². The summed E-state index contributed by atoms with van der Waals surface area (Å²) in [4.78, 5) is 12.3.